The summed E-state index contributed by atoms with van der Waals surface area (Å²) in [5.41, 5.74) is 0.114. The van der Waals surface area contributed by atoms with E-state index in [0.717, 1.165) is 6.33 Å². The minimum atomic E-state index is -2.63. The molecule has 0 atom stereocenters. The van der Waals surface area contributed by atoms with Gasteiger partial charge in [0.15, 0.2) is 5.65 Å². The molecule has 0 aliphatic carbocycles. The van der Waals surface area contributed by atoms with E-state index in [1.807, 2.05) is 0 Å². The molecule has 0 bridgehead atoms. The Morgan fingerprint density at radius 2 is 2.08 bits per heavy atom. The standard InChI is InChI=1S/C6H3BrF2N4/c7-13-2-12-4-3(5(8)9)10-1-11-6(4)13/h1-2,5H. The molecule has 0 saturated carbocycles. The predicted octanol–water partition coefficient (Wildman–Crippen LogP) is 1.92. The first-order chi connectivity index (χ1) is 6.20. The highest BCUT2D eigenvalue weighted by molar-refractivity contribution is 9.08. The van der Waals surface area contributed by atoms with Gasteiger partial charge >= 0.3 is 0 Å². The van der Waals surface area contributed by atoms with E-state index in [1.165, 1.54) is 9.92 Å². The minimum Gasteiger partial charge on any atom is -0.248 e. The van der Waals surface area contributed by atoms with Crippen LogP contribution in [-0.4, -0.2) is 18.5 Å². The van der Waals surface area contributed by atoms with Gasteiger partial charge in [0.1, 0.15) is 23.9 Å². The lowest BCUT2D eigenvalue weighted by Gasteiger charge is -1.97. The minimum absolute atomic E-state index is 0.120. The molecule has 7 heteroatoms. The fourth-order valence-electron chi connectivity index (χ4n) is 0.986. The van der Waals surface area contributed by atoms with E-state index < -0.39 is 6.43 Å². The molecule has 13 heavy (non-hydrogen) atoms. The van der Waals surface area contributed by atoms with Crippen molar-refractivity contribution in [2.24, 2.45) is 0 Å². The number of halogens is 3. The summed E-state index contributed by atoms with van der Waals surface area (Å²) < 4.78 is 26.1. The van der Waals surface area contributed by atoms with Gasteiger partial charge in [-0.3, -0.25) is 0 Å². The van der Waals surface area contributed by atoms with E-state index in [1.54, 1.807) is 0 Å². The summed E-state index contributed by atoms with van der Waals surface area (Å²) in [6, 6.07) is 0. The van der Waals surface area contributed by atoms with E-state index in [9.17, 15) is 8.78 Å². The van der Waals surface area contributed by atoms with Crippen LogP contribution in [0.25, 0.3) is 11.2 Å². The maximum atomic E-state index is 12.4. The van der Waals surface area contributed by atoms with Crippen LogP contribution in [0.15, 0.2) is 12.7 Å². The fourth-order valence-corrected chi connectivity index (χ4v) is 1.34. The Kier molecular flexibility index (Phi) is 1.95. The normalized spacial score (nSPS) is 11.4. The zero-order valence-corrected chi connectivity index (χ0v) is 7.74. The van der Waals surface area contributed by atoms with Crippen LogP contribution in [0.1, 0.15) is 12.1 Å². The molecular formula is C6H3BrF2N4. The van der Waals surface area contributed by atoms with Crippen LogP contribution in [0.2, 0.25) is 0 Å². The Morgan fingerprint density at radius 3 is 2.77 bits per heavy atom. The van der Waals surface area contributed by atoms with Crippen molar-refractivity contribution < 1.29 is 8.78 Å². The van der Waals surface area contributed by atoms with Crippen molar-refractivity contribution in [3.8, 4) is 0 Å². The molecule has 0 N–H and O–H groups in total. The Balaban J connectivity index is 2.77. The highest BCUT2D eigenvalue weighted by Gasteiger charge is 2.16. The first-order valence-electron chi connectivity index (χ1n) is 3.32. The molecule has 0 unspecified atom stereocenters. The molecule has 2 heterocycles. The quantitative estimate of drug-likeness (QED) is 0.775. The van der Waals surface area contributed by atoms with Crippen LogP contribution in [0, 0.1) is 0 Å². The average Bonchev–Trinajstić information content (AvgIpc) is 2.48. The van der Waals surface area contributed by atoms with Crippen molar-refractivity contribution >= 4 is 27.3 Å². The second kappa shape index (κ2) is 2.99. The van der Waals surface area contributed by atoms with Crippen LogP contribution in [0.3, 0.4) is 0 Å². The molecule has 2 aromatic rings. The maximum Gasteiger partial charge on any atom is 0.282 e. The largest absolute Gasteiger partial charge is 0.282 e. The Morgan fingerprint density at radius 1 is 1.31 bits per heavy atom. The molecule has 0 saturated heterocycles. The van der Waals surface area contributed by atoms with Crippen LogP contribution in [-0.2, 0) is 0 Å². The first kappa shape index (κ1) is 8.49. The lowest BCUT2D eigenvalue weighted by molar-refractivity contribution is 0.147. The molecule has 0 aliphatic rings. The molecule has 0 radical (unpaired) electrons. The number of nitrogens with zero attached hydrogens (tertiary/aromatic N) is 4. The lowest BCUT2D eigenvalue weighted by Crippen LogP contribution is -1.93. The summed E-state index contributed by atoms with van der Waals surface area (Å²) in [5.74, 6) is 0. The van der Waals surface area contributed by atoms with Crippen molar-refractivity contribution in [3.05, 3.63) is 18.3 Å². The highest BCUT2D eigenvalue weighted by Crippen LogP contribution is 2.23. The van der Waals surface area contributed by atoms with E-state index in [0.29, 0.717) is 5.65 Å². The molecule has 2 aromatic heterocycles. The summed E-state index contributed by atoms with van der Waals surface area (Å²) in [6.07, 6.45) is -0.193. The average molecular weight is 249 g/mol. The van der Waals surface area contributed by atoms with E-state index in [-0.39, 0.29) is 11.2 Å². The summed E-state index contributed by atoms with van der Waals surface area (Å²) in [5, 5.41) is 0. The summed E-state index contributed by atoms with van der Waals surface area (Å²) in [6.45, 7) is 0. The number of fused-ring (bicyclic) bond motifs is 1. The van der Waals surface area contributed by atoms with Gasteiger partial charge in [0.05, 0.1) is 16.1 Å². The molecule has 68 valence electrons. The molecule has 0 spiro atoms. The van der Waals surface area contributed by atoms with Gasteiger partial charge in [0.2, 0.25) is 0 Å². The van der Waals surface area contributed by atoms with Crippen molar-refractivity contribution in [2.45, 2.75) is 6.43 Å². The molecule has 4 nitrogen and oxygen atoms in total. The fraction of sp³-hybridized carbons (Fsp3) is 0.167. The Hall–Kier alpha value is -1.11. The first-order valence-corrected chi connectivity index (χ1v) is 4.03. The van der Waals surface area contributed by atoms with Crippen LogP contribution >= 0.6 is 16.1 Å². The van der Waals surface area contributed by atoms with Crippen LogP contribution < -0.4 is 0 Å². The van der Waals surface area contributed by atoms with Gasteiger partial charge in [0.25, 0.3) is 6.43 Å². The molecular weight excluding hydrogens is 246 g/mol. The number of hydrogen-bond acceptors (Lipinski definition) is 3. The maximum absolute atomic E-state index is 12.4. The third kappa shape index (κ3) is 1.28. The number of aromatic nitrogens is 4. The number of alkyl halides is 2. The molecule has 0 fully saturated rings. The van der Waals surface area contributed by atoms with Crippen molar-refractivity contribution in [1.29, 1.82) is 0 Å². The number of rotatable bonds is 1. The van der Waals surface area contributed by atoms with Gasteiger partial charge in [-0.1, -0.05) is 0 Å². The van der Waals surface area contributed by atoms with Crippen LogP contribution in [0.5, 0.6) is 0 Å². The van der Waals surface area contributed by atoms with Crippen molar-refractivity contribution in [3.63, 3.8) is 0 Å². The number of hydrogen-bond donors (Lipinski definition) is 0. The molecule has 2 rings (SSSR count). The third-order valence-electron chi connectivity index (χ3n) is 1.53. The molecule has 0 aromatic carbocycles. The van der Waals surface area contributed by atoms with Gasteiger partial charge in [-0.15, -0.1) is 0 Å². The van der Waals surface area contributed by atoms with Gasteiger partial charge < -0.3 is 0 Å². The van der Waals surface area contributed by atoms with Crippen molar-refractivity contribution in [2.75, 3.05) is 0 Å². The molecule has 0 amide bonds. The van der Waals surface area contributed by atoms with Crippen molar-refractivity contribution in [1.82, 2.24) is 18.5 Å². The predicted molar refractivity (Wildman–Crippen MR) is 44.6 cm³/mol. The second-order valence-electron chi connectivity index (χ2n) is 2.29. The monoisotopic (exact) mass is 248 g/mol. The summed E-state index contributed by atoms with van der Waals surface area (Å²) in [7, 11) is 0. The Bertz CT molecular complexity index is 441. The SMILES string of the molecule is FC(F)c1ncnc2c1ncn2Br. The van der Waals surface area contributed by atoms with Gasteiger partial charge in [-0.25, -0.2) is 27.3 Å². The third-order valence-corrected chi connectivity index (χ3v) is 2.05. The van der Waals surface area contributed by atoms with Gasteiger partial charge in [0, 0.05) is 0 Å². The van der Waals surface area contributed by atoms with Gasteiger partial charge in [-0.05, 0) is 0 Å². The van der Waals surface area contributed by atoms with E-state index >= 15 is 0 Å². The number of imidazole rings is 1. The van der Waals surface area contributed by atoms with E-state index in [2.05, 4.69) is 31.1 Å². The topological polar surface area (TPSA) is 43.6 Å². The lowest BCUT2D eigenvalue weighted by atomic mass is 10.4. The zero-order valence-electron chi connectivity index (χ0n) is 6.15. The highest BCUT2D eigenvalue weighted by atomic mass is 79.9. The van der Waals surface area contributed by atoms with Crippen LogP contribution in [0.4, 0.5) is 8.78 Å². The molecule has 0 aliphatic heterocycles. The summed E-state index contributed by atoms with van der Waals surface area (Å²) >= 11 is 3.07. The zero-order chi connectivity index (χ0) is 9.42. The van der Waals surface area contributed by atoms with Gasteiger partial charge in [-0.2, -0.15) is 0 Å². The Labute approximate surface area is 80.0 Å². The summed E-state index contributed by atoms with van der Waals surface area (Å²) in [4.78, 5) is 11.0. The second-order valence-corrected chi connectivity index (χ2v) is 3.05. The van der Waals surface area contributed by atoms with E-state index in [4.69, 9.17) is 0 Å². The smallest absolute Gasteiger partial charge is 0.248 e.